The van der Waals surface area contributed by atoms with E-state index in [4.69, 9.17) is 5.26 Å². The molecule has 2 aliphatic rings. The van der Waals surface area contributed by atoms with Gasteiger partial charge in [0.1, 0.15) is 6.07 Å². The number of hydrogen-bond donors (Lipinski definition) is 1. The number of hydrogen-bond acceptors (Lipinski definition) is 3. The summed E-state index contributed by atoms with van der Waals surface area (Å²) in [6.45, 7) is 1.13. The van der Waals surface area contributed by atoms with E-state index < -0.39 is 0 Å². The van der Waals surface area contributed by atoms with E-state index in [1.165, 1.54) is 12.0 Å². The van der Waals surface area contributed by atoms with Crippen LogP contribution in [0.3, 0.4) is 0 Å². The van der Waals surface area contributed by atoms with Crippen molar-refractivity contribution in [2.75, 3.05) is 6.54 Å². The monoisotopic (exact) mass is 211 g/mol. The Bertz CT molecular complexity index is 484. The molecule has 1 fully saturated rings. The van der Waals surface area contributed by atoms with E-state index in [1.807, 2.05) is 12.3 Å². The molecule has 0 radical (unpaired) electrons. The van der Waals surface area contributed by atoms with Gasteiger partial charge in [-0.2, -0.15) is 5.26 Å². The predicted molar refractivity (Wildman–Crippen MR) is 61.4 cm³/mol. The highest BCUT2D eigenvalue weighted by molar-refractivity contribution is 5.69. The summed E-state index contributed by atoms with van der Waals surface area (Å²) >= 11 is 0. The molecule has 0 bridgehead atoms. The first-order valence-corrected chi connectivity index (χ1v) is 5.66. The molecule has 1 aliphatic heterocycles. The maximum atomic E-state index is 8.84. The maximum absolute atomic E-state index is 8.84. The minimum absolute atomic E-state index is 0.612. The quantitative estimate of drug-likeness (QED) is 0.769. The lowest BCUT2D eigenvalue weighted by atomic mass is 10.0. The first-order chi connectivity index (χ1) is 7.86. The van der Waals surface area contributed by atoms with Crippen LogP contribution in [0.5, 0.6) is 0 Å². The average molecular weight is 211 g/mol. The van der Waals surface area contributed by atoms with Gasteiger partial charge in [0.25, 0.3) is 0 Å². The van der Waals surface area contributed by atoms with Crippen molar-refractivity contribution in [3.63, 3.8) is 0 Å². The third-order valence-corrected chi connectivity index (χ3v) is 3.49. The summed E-state index contributed by atoms with van der Waals surface area (Å²) in [6, 6.07) is 4.68. The summed E-state index contributed by atoms with van der Waals surface area (Å²) < 4.78 is 0. The second kappa shape index (κ2) is 3.73. The molecule has 2 atom stereocenters. The fourth-order valence-electron chi connectivity index (χ4n) is 2.67. The molecule has 0 spiro atoms. The van der Waals surface area contributed by atoms with Gasteiger partial charge in [-0.15, -0.1) is 0 Å². The summed E-state index contributed by atoms with van der Waals surface area (Å²) in [4.78, 5) is 4.11. The summed E-state index contributed by atoms with van der Waals surface area (Å²) in [6.07, 6.45) is 8.12. The van der Waals surface area contributed by atoms with Crippen LogP contribution in [-0.2, 0) is 0 Å². The number of nitriles is 1. The number of fused-ring (bicyclic) bond motifs is 1. The van der Waals surface area contributed by atoms with Gasteiger partial charge in [0.05, 0.1) is 5.56 Å². The number of nitrogens with one attached hydrogen (secondary N) is 1. The van der Waals surface area contributed by atoms with Crippen LogP contribution in [0, 0.1) is 17.2 Å². The average Bonchev–Trinajstić information content (AvgIpc) is 2.89. The van der Waals surface area contributed by atoms with Crippen LogP contribution in [0.25, 0.3) is 5.57 Å². The minimum Gasteiger partial charge on any atom is -0.313 e. The highest BCUT2D eigenvalue weighted by Gasteiger charge is 2.31. The van der Waals surface area contributed by atoms with E-state index in [0.717, 1.165) is 18.5 Å². The van der Waals surface area contributed by atoms with Crippen LogP contribution in [0.2, 0.25) is 0 Å². The van der Waals surface area contributed by atoms with E-state index >= 15 is 0 Å². The van der Waals surface area contributed by atoms with E-state index in [0.29, 0.717) is 17.5 Å². The largest absolute Gasteiger partial charge is 0.313 e. The van der Waals surface area contributed by atoms with Gasteiger partial charge in [0.15, 0.2) is 0 Å². The summed E-state index contributed by atoms with van der Waals surface area (Å²) in [5, 5.41) is 12.4. The van der Waals surface area contributed by atoms with Crippen molar-refractivity contribution in [3.05, 3.63) is 35.7 Å². The molecule has 1 saturated heterocycles. The van der Waals surface area contributed by atoms with E-state index in [1.54, 1.807) is 6.20 Å². The van der Waals surface area contributed by atoms with Crippen molar-refractivity contribution in [1.29, 1.82) is 5.26 Å². The number of pyridine rings is 1. The van der Waals surface area contributed by atoms with Crippen LogP contribution in [-0.4, -0.2) is 17.6 Å². The number of aromatic nitrogens is 1. The molecule has 1 aromatic rings. The Morgan fingerprint density at radius 2 is 2.38 bits per heavy atom. The molecule has 0 aromatic carbocycles. The van der Waals surface area contributed by atoms with Gasteiger partial charge in [-0.3, -0.25) is 4.98 Å². The molecule has 2 heterocycles. The van der Waals surface area contributed by atoms with Crippen molar-refractivity contribution >= 4 is 5.57 Å². The van der Waals surface area contributed by atoms with Crippen LogP contribution in [0.15, 0.2) is 24.5 Å². The fraction of sp³-hybridized carbons (Fsp3) is 0.385. The van der Waals surface area contributed by atoms with E-state index in [2.05, 4.69) is 22.4 Å². The van der Waals surface area contributed by atoms with Gasteiger partial charge >= 0.3 is 0 Å². The highest BCUT2D eigenvalue weighted by atomic mass is 15.0. The highest BCUT2D eigenvalue weighted by Crippen LogP contribution is 2.35. The molecule has 3 nitrogen and oxygen atoms in total. The van der Waals surface area contributed by atoms with Gasteiger partial charge in [0, 0.05) is 18.4 Å². The fourth-order valence-corrected chi connectivity index (χ4v) is 2.67. The van der Waals surface area contributed by atoms with Crippen molar-refractivity contribution in [2.24, 2.45) is 5.92 Å². The van der Waals surface area contributed by atoms with Crippen LogP contribution in [0.1, 0.15) is 24.0 Å². The van der Waals surface area contributed by atoms with E-state index in [9.17, 15) is 0 Å². The lowest BCUT2D eigenvalue weighted by Crippen LogP contribution is -2.22. The Kier molecular flexibility index (Phi) is 2.23. The third kappa shape index (κ3) is 1.52. The predicted octanol–water partition coefficient (Wildman–Crippen LogP) is 1.72. The van der Waals surface area contributed by atoms with Crippen molar-refractivity contribution in [3.8, 4) is 6.07 Å². The molecule has 1 aliphatic carbocycles. The van der Waals surface area contributed by atoms with Gasteiger partial charge < -0.3 is 5.32 Å². The Morgan fingerprint density at radius 3 is 3.19 bits per heavy atom. The van der Waals surface area contributed by atoms with Crippen molar-refractivity contribution < 1.29 is 0 Å². The van der Waals surface area contributed by atoms with Gasteiger partial charge in [-0.1, -0.05) is 6.08 Å². The van der Waals surface area contributed by atoms with Gasteiger partial charge in [0.2, 0.25) is 0 Å². The second-order valence-corrected chi connectivity index (χ2v) is 4.48. The maximum Gasteiger partial charge on any atom is 0.101 e. The Morgan fingerprint density at radius 1 is 1.44 bits per heavy atom. The molecule has 3 heteroatoms. The molecular weight excluding hydrogens is 198 g/mol. The van der Waals surface area contributed by atoms with Gasteiger partial charge in [-0.05, 0) is 42.5 Å². The lowest BCUT2D eigenvalue weighted by Gasteiger charge is -2.08. The molecule has 1 N–H and O–H groups in total. The minimum atomic E-state index is 0.612. The zero-order chi connectivity index (χ0) is 11.0. The zero-order valence-electron chi connectivity index (χ0n) is 8.98. The Labute approximate surface area is 94.8 Å². The molecule has 80 valence electrons. The summed E-state index contributed by atoms with van der Waals surface area (Å²) in [7, 11) is 0. The third-order valence-electron chi connectivity index (χ3n) is 3.49. The standard InChI is InChI=1S/C13H13N3/c14-6-9-3-12(8-15-7-9)11-4-10-1-2-16-13(10)5-11/h3-4,7-8,10,13,16H,1-2,5H2/t10-,13+/m0/s1. The van der Waals surface area contributed by atoms with E-state index in [-0.39, 0.29) is 0 Å². The molecule has 0 saturated carbocycles. The molecule has 16 heavy (non-hydrogen) atoms. The molecule has 0 amide bonds. The number of nitrogens with zero attached hydrogens (tertiary/aromatic N) is 2. The SMILES string of the molecule is N#Cc1cncc(C2=C[C@@H]3CCN[C@@H]3C2)c1. The normalized spacial score (nSPS) is 27.3. The second-order valence-electron chi connectivity index (χ2n) is 4.48. The van der Waals surface area contributed by atoms with Crippen LogP contribution < -0.4 is 5.32 Å². The summed E-state index contributed by atoms with van der Waals surface area (Å²) in [5.74, 6) is 0.681. The number of rotatable bonds is 1. The first-order valence-electron chi connectivity index (χ1n) is 5.66. The molecular formula is C13H13N3. The Hall–Kier alpha value is -1.66. The molecule has 1 aromatic heterocycles. The van der Waals surface area contributed by atoms with Crippen LogP contribution >= 0.6 is 0 Å². The summed E-state index contributed by atoms with van der Waals surface area (Å²) in [5.41, 5.74) is 3.09. The molecule has 3 rings (SSSR count). The van der Waals surface area contributed by atoms with Crippen molar-refractivity contribution in [2.45, 2.75) is 18.9 Å². The van der Waals surface area contributed by atoms with Crippen LogP contribution in [0.4, 0.5) is 0 Å². The van der Waals surface area contributed by atoms with Crippen molar-refractivity contribution in [1.82, 2.24) is 10.3 Å². The smallest absolute Gasteiger partial charge is 0.101 e. The first kappa shape index (κ1) is 9.56. The molecule has 0 unspecified atom stereocenters. The lowest BCUT2D eigenvalue weighted by molar-refractivity contribution is 0.563. The Balaban J connectivity index is 1.91. The topological polar surface area (TPSA) is 48.7 Å². The zero-order valence-corrected chi connectivity index (χ0v) is 8.98. The van der Waals surface area contributed by atoms with Gasteiger partial charge in [-0.25, -0.2) is 0 Å².